The molecule has 1 saturated heterocycles. The van der Waals surface area contributed by atoms with E-state index in [1.807, 2.05) is 17.5 Å². The maximum atomic E-state index is 12.9. The summed E-state index contributed by atoms with van der Waals surface area (Å²) < 4.78 is 40.8. The third kappa shape index (κ3) is 3.71. The van der Waals surface area contributed by atoms with E-state index in [-0.39, 0.29) is 18.8 Å². The van der Waals surface area contributed by atoms with Crippen LogP contribution in [0, 0.1) is 12.8 Å². The molecule has 3 heterocycles. The van der Waals surface area contributed by atoms with Gasteiger partial charge >= 0.3 is 6.18 Å². The van der Waals surface area contributed by atoms with Crippen molar-refractivity contribution >= 4 is 5.65 Å². The lowest BCUT2D eigenvalue weighted by atomic mass is 9.80. The van der Waals surface area contributed by atoms with E-state index in [1.165, 1.54) is 0 Å². The predicted molar refractivity (Wildman–Crippen MR) is 97.9 cm³/mol. The normalized spacial score (nSPS) is 30.0. The Kier molecular flexibility index (Phi) is 4.91. The molecule has 4 nitrogen and oxygen atoms in total. The van der Waals surface area contributed by atoms with Crippen molar-refractivity contribution < 1.29 is 13.2 Å². The molecule has 0 amide bonds. The van der Waals surface area contributed by atoms with Gasteiger partial charge in [-0.05, 0) is 65.0 Å². The minimum absolute atomic E-state index is 0.0976. The minimum atomic E-state index is -4.07. The molecule has 2 fully saturated rings. The van der Waals surface area contributed by atoms with Gasteiger partial charge in [-0.3, -0.25) is 0 Å². The van der Waals surface area contributed by atoms with Crippen LogP contribution < -0.4 is 5.32 Å². The Morgan fingerprint density at radius 3 is 2.52 bits per heavy atom. The van der Waals surface area contributed by atoms with Gasteiger partial charge in [0.1, 0.15) is 0 Å². The van der Waals surface area contributed by atoms with Crippen LogP contribution in [0.4, 0.5) is 13.2 Å². The van der Waals surface area contributed by atoms with Crippen LogP contribution in [0.5, 0.6) is 0 Å². The predicted octanol–water partition coefficient (Wildman–Crippen LogP) is 4.73. The summed E-state index contributed by atoms with van der Waals surface area (Å²) in [4.78, 5) is 4.63. The second-order valence-corrected chi connectivity index (χ2v) is 8.24. The molecule has 0 unspecified atom stereocenters. The van der Waals surface area contributed by atoms with E-state index in [9.17, 15) is 13.2 Å². The number of fused-ring (bicyclic) bond motifs is 1. The number of halogens is 3. The molecule has 4 rings (SSSR count). The van der Waals surface area contributed by atoms with E-state index in [0.29, 0.717) is 24.8 Å². The van der Waals surface area contributed by atoms with Crippen molar-refractivity contribution in [3.05, 3.63) is 29.2 Å². The van der Waals surface area contributed by atoms with Gasteiger partial charge in [0, 0.05) is 29.6 Å². The molecule has 1 saturated carbocycles. The van der Waals surface area contributed by atoms with Crippen molar-refractivity contribution in [3.8, 4) is 0 Å². The number of nitrogens with zero attached hydrogens (tertiary/aromatic N) is 3. The maximum Gasteiger partial charge on any atom is 0.391 e. The van der Waals surface area contributed by atoms with Gasteiger partial charge in [0.05, 0.1) is 17.3 Å². The van der Waals surface area contributed by atoms with E-state index in [1.54, 1.807) is 0 Å². The van der Waals surface area contributed by atoms with Crippen molar-refractivity contribution in [2.75, 3.05) is 6.54 Å². The number of piperidine rings is 1. The zero-order valence-corrected chi connectivity index (χ0v) is 15.9. The van der Waals surface area contributed by atoms with Crippen molar-refractivity contribution in [1.82, 2.24) is 19.9 Å². The van der Waals surface area contributed by atoms with Crippen molar-refractivity contribution in [1.29, 1.82) is 0 Å². The van der Waals surface area contributed by atoms with E-state index < -0.39 is 12.1 Å². The van der Waals surface area contributed by atoms with E-state index >= 15 is 0 Å². The van der Waals surface area contributed by atoms with Gasteiger partial charge in [-0.1, -0.05) is 0 Å². The monoisotopic (exact) mass is 380 g/mol. The molecule has 1 N–H and O–H groups in total. The Morgan fingerprint density at radius 2 is 1.85 bits per heavy atom. The molecular formula is C20H27F3N4. The number of hydrogen-bond acceptors (Lipinski definition) is 3. The number of nitrogens with one attached hydrogen (secondary N) is 1. The van der Waals surface area contributed by atoms with Gasteiger partial charge in [0.15, 0.2) is 5.65 Å². The lowest BCUT2D eigenvalue weighted by Gasteiger charge is -2.30. The fourth-order valence-corrected chi connectivity index (χ4v) is 4.77. The van der Waals surface area contributed by atoms with E-state index in [4.69, 9.17) is 5.10 Å². The van der Waals surface area contributed by atoms with E-state index in [0.717, 1.165) is 42.1 Å². The lowest BCUT2D eigenvalue weighted by molar-refractivity contribution is -0.182. The molecule has 27 heavy (non-hydrogen) atoms. The molecule has 7 heteroatoms. The first-order valence-electron chi connectivity index (χ1n) is 10.00. The topological polar surface area (TPSA) is 42.2 Å². The Bertz CT molecular complexity index is 805. The highest BCUT2D eigenvalue weighted by Gasteiger charge is 2.42. The molecule has 0 aromatic carbocycles. The number of rotatable bonds is 2. The molecule has 2 atom stereocenters. The van der Waals surface area contributed by atoms with Crippen LogP contribution in [-0.4, -0.2) is 33.4 Å². The number of hydrogen-bond donors (Lipinski definition) is 1. The molecule has 2 aliphatic rings. The van der Waals surface area contributed by atoms with Gasteiger partial charge in [-0.2, -0.15) is 18.3 Å². The molecule has 2 aromatic rings. The summed E-state index contributed by atoms with van der Waals surface area (Å²) in [6.45, 7) is 5.23. The molecule has 0 spiro atoms. The third-order valence-corrected chi connectivity index (χ3v) is 6.35. The van der Waals surface area contributed by atoms with Gasteiger partial charge in [0.2, 0.25) is 0 Å². The SMILES string of the molecule is Cc1cc([C@H]2CCCN[C@@H]2C)n2nc(C3CCC(C(F)(F)F)CC3)cc2n1. The zero-order chi connectivity index (χ0) is 19.2. The first-order valence-corrected chi connectivity index (χ1v) is 10.00. The fraction of sp³-hybridized carbons (Fsp3) is 0.700. The second kappa shape index (κ2) is 7.08. The van der Waals surface area contributed by atoms with Crippen LogP contribution in [0.2, 0.25) is 0 Å². The van der Waals surface area contributed by atoms with Crippen molar-refractivity contribution in [2.45, 2.75) is 76.4 Å². The summed E-state index contributed by atoms with van der Waals surface area (Å²) >= 11 is 0. The van der Waals surface area contributed by atoms with Crippen molar-refractivity contribution in [2.24, 2.45) is 5.92 Å². The number of aryl methyl sites for hydroxylation is 1. The van der Waals surface area contributed by atoms with Gasteiger partial charge < -0.3 is 5.32 Å². The van der Waals surface area contributed by atoms with Crippen LogP contribution in [-0.2, 0) is 0 Å². The number of alkyl halides is 3. The summed E-state index contributed by atoms with van der Waals surface area (Å²) in [5.74, 6) is -0.687. The lowest BCUT2D eigenvalue weighted by Crippen LogP contribution is -2.38. The smallest absolute Gasteiger partial charge is 0.314 e. The summed E-state index contributed by atoms with van der Waals surface area (Å²) in [6.07, 6.45) is -0.338. The Morgan fingerprint density at radius 1 is 1.11 bits per heavy atom. The fourth-order valence-electron chi connectivity index (χ4n) is 4.77. The highest BCUT2D eigenvalue weighted by atomic mass is 19.4. The molecular weight excluding hydrogens is 353 g/mol. The average Bonchev–Trinajstić information content (AvgIpc) is 3.05. The van der Waals surface area contributed by atoms with E-state index in [2.05, 4.69) is 23.3 Å². The Labute approximate surface area is 157 Å². The summed E-state index contributed by atoms with van der Waals surface area (Å²) in [7, 11) is 0. The summed E-state index contributed by atoms with van der Waals surface area (Å²) in [5, 5.41) is 8.36. The second-order valence-electron chi connectivity index (χ2n) is 8.24. The zero-order valence-electron chi connectivity index (χ0n) is 15.9. The molecule has 0 bridgehead atoms. The molecule has 2 aromatic heterocycles. The van der Waals surface area contributed by atoms with Gasteiger partial charge in [-0.25, -0.2) is 9.50 Å². The number of aromatic nitrogens is 3. The molecule has 1 aliphatic carbocycles. The first-order chi connectivity index (χ1) is 12.8. The standard InChI is InChI=1S/C20H27F3N4/c1-12-10-18(16-4-3-9-24-13(16)2)27-19(25-12)11-17(26-27)14-5-7-15(8-6-14)20(21,22)23/h10-11,13-16,24H,3-9H2,1-2H3/t13-,14?,15?,16+/m1/s1. The van der Waals surface area contributed by atoms with Crippen LogP contribution in [0.3, 0.4) is 0 Å². The quantitative estimate of drug-likeness (QED) is 0.819. The summed E-state index contributed by atoms with van der Waals surface area (Å²) in [5.41, 5.74) is 3.83. The highest BCUT2D eigenvalue weighted by Crippen LogP contribution is 2.42. The average molecular weight is 380 g/mol. The highest BCUT2D eigenvalue weighted by molar-refractivity contribution is 5.43. The largest absolute Gasteiger partial charge is 0.391 e. The third-order valence-electron chi connectivity index (χ3n) is 6.35. The molecule has 0 radical (unpaired) electrons. The molecule has 148 valence electrons. The van der Waals surface area contributed by atoms with Crippen LogP contribution in [0.15, 0.2) is 12.1 Å². The van der Waals surface area contributed by atoms with Crippen LogP contribution in [0.25, 0.3) is 5.65 Å². The van der Waals surface area contributed by atoms with Crippen LogP contribution in [0.1, 0.15) is 74.4 Å². The van der Waals surface area contributed by atoms with Gasteiger partial charge in [0.25, 0.3) is 0 Å². The van der Waals surface area contributed by atoms with Gasteiger partial charge in [-0.15, -0.1) is 0 Å². The first kappa shape index (κ1) is 18.7. The Balaban J connectivity index is 1.62. The molecule has 1 aliphatic heterocycles. The minimum Gasteiger partial charge on any atom is -0.314 e. The van der Waals surface area contributed by atoms with Crippen molar-refractivity contribution in [3.63, 3.8) is 0 Å². The van der Waals surface area contributed by atoms with Crippen LogP contribution >= 0.6 is 0 Å². The summed E-state index contributed by atoms with van der Waals surface area (Å²) in [6, 6.07) is 4.47. The maximum absolute atomic E-state index is 12.9. The Hall–Kier alpha value is -1.63.